The van der Waals surface area contributed by atoms with Crippen LogP contribution in [0.3, 0.4) is 0 Å². The van der Waals surface area contributed by atoms with E-state index in [0.29, 0.717) is 20.2 Å². The first-order chi connectivity index (χ1) is 12.5. The van der Waals surface area contributed by atoms with E-state index in [0.717, 1.165) is 0 Å². The van der Waals surface area contributed by atoms with Crippen LogP contribution in [0.15, 0.2) is 0 Å². The van der Waals surface area contributed by atoms with Gasteiger partial charge in [-0.05, 0) is 20.2 Å². The number of hydrogen-bond acceptors (Lipinski definition) is 0. The first-order valence-electron chi connectivity index (χ1n) is 12.2. The van der Waals surface area contributed by atoms with Crippen LogP contribution in [0.5, 0.6) is 0 Å². The molecule has 0 atom stereocenters. The molecule has 0 heterocycles. The summed E-state index contributed by atoms with van der Waals surface area (Å²) in [5.74, 6) is 0. The molecule has 0 bridgehead atoms. The summed E-state index contributed by atoms with van der Waals surface area (Å²) in [4.78, 5) is 0. The molecule has 31 heavy (non-hydrogen) atoms. The summed E-state index contributed by atoms with van der Waals surface area (Å²) in [6, 6.07) is 0. The second-order valence-corrected chi connectivity index (χ2v) is 69.8. The van der Waals surface area contributed by atoms with Crippen LogP contribution in [0, 0.1) is 0 Å². The van der Waals surface area contributed by atoms with Crippen LogP contribution >= 0.6 is 0 Å². The maximum Gasteiger partial charge on any atom is 0.0383 e. The van der Waals surface area contributed by atoms with Gasteiger partial charge in [0.15, 0.2) is 0 Å². The Hall–Kier alpha value is 1.84. The van der Waals surface area contributed by atoms with Crippen molar-refractivity contribution in [2.75, 3.05) is 0 Å². The molecule has 0 rings (SSSR count). The summed E-state index contributed by atoms with van der Waals surface area (Å²) in [6.07, 6.45) is 0. The zero-order chi connectivity index (χ0) is 25.2. The Labute approximate surface area is 217 Å². The molecule has 6 radical (unpaired) electrons. The van der Waals surface area contributed by atoms with Gasteiger partial charge in [0.2, 0.25) is 0 Å². The van der Waals surface area contributed by atoms with E-state index in [4.69, 9.17) is 0 Å². The fourth-order valence-electron chi connectivity index (χ4n) is 4.31. The monoisotopic (exact) mass is 590 g/mol. The number of hydrogen-bond donors (Lipinski definition) is 0. The zero-order valence-electron chi connectivity index (χ0n) is 25.5. The quantitative estimate of drug-likeness (QED) is 0.281. The van der Waals surface area contributed by atoms with Gasteiger partial charge in [0.05, 0.1) is 0 Å². The van der Waals surface area contributed by atoms with Crippen molar-refractivity contribution >= 4 is 62.7 Å². The summed E-state index contributed by atoms with van der Waals surface area (Å²) in [5.41, 5.74) is 0. The van der Waals surface area contributed by atoms with Gasteiger partial charge in [-0.15, -0.1) is 0 Å². The van der Waals surface area contributed by atoms with Gasteiger partial charge in [-0.1, -0.05) is 135 Å². The Balaban J connectivity index is 0. The average Bonchev–Trinajstić information content (AvgIpc) is 2.38. The molecule has 0 aliphatic heterocycles. The maximum atomic E-state index is 2.85. The molecule has 0 fully saturated rings. The van der Waals surface area contributed by atoms with Crippen LogP contribution < -0.4 is 0 Å². The van der Waals surface area contributed by atoms with E-state index in [1.165, 1.54) is 0 Å². The van der Waals surface area contributed by atoms with Crippen LogP contribution in [0.1, 0.15) is 83.1 Å². The SMILES string of the molecule is CC(C)(C)[Si](C)(C)[Si]([Si]([Si](C)(C)C(C)(C)C)[Si](C)(C)C(C)(C)C)[Si](C)(C)C(C)(C)C.[Ge]. The third kappa shape index (κ3) is 6.54. The van der Waals surface area contributed by atoms with Crippen molar-refractivity contribution in [3.8, 4) is 0 Å². The van der Waals surface area contributed by atoms with E-state index >= 15 is 0 Å². The molecule has 0 aliphatic carbocycles. The molecule has 7 heteroatoms. The Morgan fingerprint density at radius 2 is 0.419 bits per heavy atom. The van der Waals surface area contributed by atoms with Gasteiger partial charge in [0.1, 0.15) is 0 Å². The molecule has 184 valence electrons. The first kappa shape index (κ1) is 35.0. The van der Waals surface area contributed by atoms with Crippen LogP contribution in [0.2, 0.25) is 72.5 Å². The van der Waals surface area contributed by atoms with Gasteiger partial charge < -0.3 is 0 Å². The Bertz CT molecular complexity index is 490. The predicted molar refractivity (Wildman–Crippen MR) is 166 cm³/mol. The van der Waals surface area contributed by atoms with Gasteiger partial charge in [-0.2, -0.15) is 0 Å². The summed E-state index contributed by atoms with van der Waals surface area (Å²) in [6.45, 7) is 54.3. The summed E-state index contributed by atoms with van der Waals surface area (Å²) in [7, 11) is -6.62. The van der Waals surface area contributed by atoms with Gasteiger partial charge in [0, 0.05) is 62.7 Å². The second-order valence-electron chi connectivity index (χ2n) is 16.2. The molecule has 0 aromatic heterocycles. The predicted octanol–water partition coefficient (Wildman–Crippen LogP) is 9.02. The minimum atomic E-state index is -1.44. The van der Waals surface area contributed by atoms with Gasteiger partial charge in [0.25, 0.3) is 0 Å². The van der Waals surface area contributed by atoms with Crippen molar-refractivity contribution in [1.82, 2.24) is 0 Å². The molecular weight excluding hydrogens is 529 g/mol. The largest absolute Gasteiger partial charge is 0.0715 e. The summed E-state index contributed by atoms with van der Waals surface area (Å²) in [5, 5.41) is 1.99. The summed E-state index contributed by atoms with van der Waals surface area (Å²) >= 11 is 0. The van der Waals surface area contributed by atoms with Crippen molar-refractivity contribution in [1.29, 1.82) is 0 Å². The molecule has 0 saturated carbocycles. The van der Waals surface area contributed by atoms with Gasteiger partial charge in [-0.25, -0.2) is 0 Å². The Morgan fingerprint density at radius 1 is 0.323 bits per heavy atom. The van der Waals surface area contributed by atoms with Crippen LogP contribution in [0.25, 0.3) is 0 Å². The van der Waals surface area contributed by atoms with Crippen LogP contribution in [-0.2, 0) is 0 Å². The van der Waals surface area contributed by atoms with Crippen molar-refractivity contribution in [3.63, 3.8) is 0 Å². The van der Waals surface area contributed by atoms with Crippen molar-refractivity contribution < 1.29 is 0 Å². The minimum absolute atomic E-state index is 0. The van der Waals surface area contributed by atoms with E-state index < -0.39 is 45.1 Å². The molecule has 0 aromatic carbocycles. The van der Waals surface area contributed by atoms with E-state index in [1.807, 2.05) is 0 Å². The standard InChI is InChI=1S/C24H60Si6.Ge/c1-21(2,3)27(13,14)25(28(15,16)22(4,5)6)26(29(17,18)23(7,8)9)30(19,20)24(10,11)12;/h1-20H3;. The van der Waals surface area contributed by atoms with Crippen molar-refractivity contribution in [3.05, 3.63) is 0 Å². The van der Waals surface area contributed by atoms with Crippen LogP contribution in [0.4, 0.5) is 0 Å². The topological polar surface area (TPSA) is 0 Å². The molecule has 0 saturated heterocycles. The number of rotatable bonds is 5. The third-order valence-electron chi connectivity index (χ3n) is 10.2. The van der Waals surface area contributed by atoms with Crippen molar-refractivity contribution in [2.24, 2.45) is 0 Å². The fourth-order valence-corrected chi connectivity index (χ4v) is 184. The van der Waals surface area contributed by atoms with Gasteiger partial charge in [-0.3, -0.25) is 0 Å². The molecule has 0 aromatic rings. The normalized spacial score (nSPS) is 16.1. The molecule has 0 N–H and O–H groups in total. The second kappa shape index (κ2) is 9.71. The van der Waals surface area contributed by atoms with Crippen LogP contribution in [-0.4, -0.2) is 62.7 Å². The minimum Gasteiger partial charge on any atom is -0.0715 e. The Morgan fingerprint density at radius 3 is 0.484 bits per heavy atom. The van der Waals surface area contributed by atoms with E-state index in [-0.39, 0.29) is 17.6 Å². The maximum absolute atomic E-state index is 2.85. The Kier molecular flexibility index (Phi) is 11.0. The molecular formula is C24H60GeSi6. The zero-order valence-corrected chi connectivity index (χ0v) is 33.6. The first-order valence-corrected chi connectivity index (χ1v) is 32.2. The average molecular weight is 590 g/mol. The van der Waals surface area contributed by atoms with Gasteiger partial charge >= 0.3 is 0 Å². The summed E-state index contributed by atoms with van der Waals surface area (Å²) < 4.78 is 0. The smallest absolute Gasteiger partial charge is 0.0383 e. The van der Waals surface area contributed by atoms with E-state index in [9.17, 15) is 0 Å². The molecule has 0 amide bonds. The van der Waals surface area contributed by atoms with E-state index in [1.54, 1.807) is 0 Å². The molecule has 0 spiro atoms. The molecule has 0 nitrogen and oxygen atoms in total. The third-order valence-corrected chi connectivity index (χ3v) is 119. The molecule has 0 aliphatic rings. The van der Waals surface area contributed by atoms with Crippen molar-refractivity contribution in [2.45, 2.75) is 156 Å². The molecule has 0 unspecified atom stereocenters. The fraction of sp³-hybridized carbons (Fsp3) is 1.00. The van der Waals surface area contributed by atoms with E-state index in [2.05, 4.69) is 135 Å².